The predicted octanol–water partition coefficient (Wildman–Crippen LogP) is -0.0441. The fourth-order valence-corrected chi connectivity index (χ4v) is 3.01. The molecule has 1 fully saturated rings. The van der Waals surface area contributed by atoms with Gasteiger partial charge in [0.25, 0.3) is 0 Å². The van der Waals surface area contributed by atoms with E-state index in [1.807, 2.05) is 5.32 Å². The monoisotopic (exact) mass is 195 g/mol. The molecule has 1 saturated heterocycles. The fraction of sp³-hybridized carbons (Fsp3) is 0.600. The first-order valence-electron chi connectivity index (χ1n) is 3.10. The Morgan fingerprint density at radius 1 is 1.50 bits per heavy atom. The molecular weight excluding hydrogens is 186 g/mol. The van der Waals surface area contributed by atoms with Crippen LogP contribution in [0.15, 0.2) is 0 Å². The van der Waals surface area contributed by atoms with E-state index in [9.17, 15) is 9.59 Å². The first-order valence-corrected chi connectivity index (χ1v) is 4.99. The van der Waals surface area contributed by atoms with Gasteiger partial charge >= 0.3 is 6.09 Å². The second-order valence-corrected chi connectivity index (χ2v) is 4.98. The van der Waals surface area contributed by atoms with Gasteiger partial charge in [0.1, 0.15) is 11.8 Å². The highest BCUT2D eigenvalue weighted by Gasteiger charge is 2.49. The molecule has 0 saturated carbocycles. The first-order chi connectivity index (χ1) is 5.39. The number of nitrogens with one attached hydrogen (secondary N) is 1. The van der Waals surface area contributed by atoms with E-state index in [0.29, 0.717) is 6.29 Å². The lowest BCUT2D eigenvalue weighted by molar-refractivity contribution is -0.112. The van der Waals surface area contributed by atoms with Crippen LogP contribution in [0.4, 0.5) is 4.79 Å². The highest BCUT2D eigenvalue weighted by atomic mass is 32.3. The van der Waals surface area contributed by atoms with Crippen LogP contribution in [0, 0.1) is 0 Å². The van der Waals surface area contributed by atoms with Gasteiger partial charge in [-0.05, 0) is 0 Å². The summed E-state index contributed by atoms with van der Waals surface area (Å²) in [4.78, 5) is 20.6. The molecule has 0 radical (unpaired) electrons. The van der Waals surface area contributed by atoms with E-state index in [1.165, 1.54) is 0 Å². The van der Waals surface area contributed by atoms with E-state index < -0.39 is 22.2 Å². The van der Waals surface area contributed by atoms with Gasteiger partial charge in [-0.2, -0.15) is 10.6 Å². The molecule has 1 rings (SSSR count). The van der Waals surface area contributed by atoms with Crippen molar-refractivity contribution in [2.45, 2.75) is 5.54 Å². The van der Waals surface area contributed by atoms with Gasteiger partial charge in [-0.15, -0.1) is 0 Å². The lowest BCUT2D eigenvalue weighted by Gasteiger charge is -2.52. The summed E-state index contributed by atoms with van der Waals surface area (Å²) in [6.45, 7) is 0. The zero-order valence-corrected chi connectivity index (χ0v) is 6.87. The summed E-state index contributed by atoms with van der Waals surface area (Å²) >= 11 is 0. The Morgan fingerprint density at radius 2 is 2.00 bits per heavy atom. The summed E-state index contributed by atoms with van der Waals surface area (Å²) in [5, 5.41) is 10.2. The maximum absolute atomic E-state index is 10.4. The molecule has 0 aliphatic carbocycles. The molecule has 0 aromatic rings. The molecule has 70 valence electrons. The summed E-state index contributed by atoms with van der Waals surface area (Å²) < 4.78 is 17.9. The van der Waals surface area contributed by atoms with Crippen molar-refractivity contribution in [2.75, 3.05) is 11.5 Å². The summed E-state index contributed by atoms with van der Waals surface area (Å²) in [6, 6.07) is 0. The van der Waals surface area contributed by atoms with E-state index >= 15 is 0 Å². The molecule has 1 aliphatic heterocycles. The van der Waals surface area contributed by atoms with Crippen molar-refractivity contribution in [3.8, 4) is 0 Å². The first kappa shape index (κ1) is 9.30. The summed E-state index contributed by atoms with van der Waals surface area (Å²) in [6.07, 6.45) is -0.935. The van der Waals surface area contributed by atoms with Gasteiger partial charge in [-0.25, -0.2) is 4.79 Å². The van der Waals surface area contributed by atoms with Crippen molar-refractivity contribution in [1.82, 2.24) is 5.32 Å². The molecule has 0 atom stereocenters. The Balaban J connectivity index is 2.59. The lowest BCUT2D eigenvalue weighted by Crippen LogP contribution is -2.64. The van der Waals surface area contributed by atoms with Crippen molar-refractivity contribution in [2.24, 2.45) is 0 Å². The molecule has 1 heterocycles. The Labute approximate surface area is 69.9 Å². The average molecular weight is 195 g/mol. The number of hydrogen-bond donors (Lipinski definition) is 4. The zero-order valence-electron chi connectivity index (χ0n) is 6.06. The second-order valence-electron chi connectivity index (χ2n) is 2.79. The molecule has 6 nitrogen and oxygen atoms in total. The quantitative estimate of drug-likeness (QED) is 0.462. The normalized spacial score (nSPS) is 26.5. The van der Waals surface area contributed by atoms with E-state index in [0.717, 1.165) is 0 Å². The van der Waals surface area contributed by atoms with Crippen molar-refractivity contribution in [1.29, 1.82) is 0 Å². The number of carbonyl (C=O) groups excluding carboxylic acids is 1. The van der Waals surface area contributed by atoms with E-state index in [1.54, 1.807) is 0 Å². The lowest BCUT2D eigenvalue weighted by atomic mass is 10.1. The van der Waals surface area contributed by atoms with Crippen LogP contribution in [-0.2, 0) is 4.79 Å². The fourth-order valence-electron chi connectivity index (χ4n) is 1.17. The van der Waals surface area contributed by atoms with Crippen LogP contribution in [0.1, 0.15) is 0 Å². The maximum atomic E-state index is 10.4. The summed E-state index contributed by atoms with van der Waals surface area (Å²) in [5.74, 6) is -0.425. The molecule has 0 unspecified atom stereocenters. The van der Waals surface area contributed by atoms with Gasteiger partial charge in [0.2, 0.25) is 0 Å². The van der Waals surface area contributed by atoms with Crippen LogP contribution in [-0.4, -0.2) is 43.6 Å². The molecule has 12 heavy (non-hydrogen) atoms. The number of amides is 1. The molecule has 1 aliphatic rings. The van der Waals surface area contributed by atoms with Crippen LogP contribution in [0.25, 0.3) is 0 Å². The van der Waals surface area contributed by atoms with E-state index in [-0.39, 0.29) is 11.5 Å². The summed E-state index contributed by atoms with van der Waals surface area (Å²) in [7, 11) is -2.70. The van der Waals surface area contributed by atoms with Crippen LogP contribution < -0.4 is 5.32 Å². The van der Waals surface area contributed by atoms with Crippen LogP contribution in [0.3, 0.4) is 0 Å². The molecular formula is C5H9NO5S. The van der Waals surface area contributed by atoms with Gasteiger partial charge < -0.3 is 15.2 Å². The molecule has 4 N–H and O–H groups in total. The molecule has 0 aromatic carbocycles. The molecule has 0 spiro atoms. The third-order valence-electron chi connectivity index (χ3n) is 1.56. The van der Waals surface area contributed by atoms with Gasteiger partial charge in [0.15, 0.2) is 0 Å². The average Bonchev–Trinajstić information content (AvgIpc) is 1.81. The number of hydrogen-bond acceptors (Lipinski definition) is 4. The third kappa shape index (κ3) is 1.68. The van der Waals surface area contributed by atoms with Gasteiger partial charge in [0, 0.05) is 0 Å². The van der Waals surface area contributed by atoms with Gasteiger partial charge in [-0.3, -0.25) is 9.11 Å². The number of rotatable bonds is 2. The third-order valence-corrected chi connectivity index (χ3v) is 3.51. The minimum atomic E-state index is -2.70. The largest absolute Gasteiger partial charge is 0.465 e. The Hall–Kier alpha value is -0.790. The second kappa shape index (κ2) is 2.61. The molecule has 0 aromatic heterocycles. The Kier molecular flexibility index (Phi) is 2.02. The number of carbonyl (C=O) groups is 2. The number of aldehydes is 1. The zero-order chi connectivity index (χ0) is 9.41. The topological polar surface area (TPSA) is 107 Å². The molecule has 0 bridgehead atoms. The van der Waals surface area contributed by atoms with Gasteiger partial charge in [-0.1, -0.05) is 0 Å². The highest BCUT2D eigenvalue weighted by Crippen LogP contribution is 2.53. The molecule has 7 heteroatoms. The minimum Gasteiger partial charge on any atom is -0.465 e. The van der Waals surface area contributed by atoms with Crippen LogP contribution in [0.5, 0.6) is 0 Å². The summed E-state index contributed by atoms with van der Waals surface area (Å²) in [5.41, 5.74) is -1.27. The SMILES string of the molecule is O=CC1(NC(=O)O)CS(O)(O)C1. The van der Waals surface area contributed by atoms with Crippen molar-refractivity contribution >= 4 is 23.0 Å². The Morgan fingerprint density at radius 3 is 2.25 bits per heavy atom. The van der Waals surface area contributed by atoms with E-state index in [4.69, 9.17) is 14.2 Å². The molecule has 1 amide bonds. The Bertz CT molecular complexity index is 220. The predicted molar refractivity (Wildman–Crippen MR) is 42.5 cm³/mol. The van der Waals surface area contributed by atoms with Crippen molar-refractivity contribution in [3.63, 3.8) is 0 Å². The van der Waals surface area contributed by atoms with Crippen LogP contribution in [0.2, 0.25) is 0 Å². The van der Waals surface area contributed by atoms with Crippen molar-refractivity contribution < 1.29 is 23.8 Å². The maximum Gasteiger partial charge on any atom is 0.405 e. The standard InChI is InChI=1S/C5H9NO5S/c7-1-5(6-4(8)9)2-12(10,11)3-5/h1,6,10-11H,2-3H2,(H,8,9). The smallest absolute Gasteiger partial charge is 0.405 e. The highest BCUT2D eigenvalue weighted by molar-refractivity contribution is 8.25. The van der Waals surface area contributed by atoms with Gasteiger partial charge in [0.05, 0.1) is 11.5 Å². The minimum absolute atomic E-state index is 0.212. The van der Waals surface area contributed by atoms with Crippen LogP contribution >= 0.6 is 10.6 Å². The van der Waals surface area contributed by atoms with Crippen molar-refractivity contribution in [3.05, 3.63) is 0 Å². The number of carboxylic acid groups (broad SMARTS) is 1. The van der Waals surface area contributed by atoms with E-state index in [2.05, 4.69) is 0 Å².